The fourth-order valence-corrected chi connectivity index (χ4v) is 1.65. The van der Waals surface area contributed by atoms with Gasteiger partial charge in [-0.25, -0.2) is 4.79 Å². The SMILES string of the molecule is CCOC(C)CNc1ccc(C(F)(F)F)cc1C(=O)O. The highest BCUT2D eigenvalue weighted by Gasteiger charge is 2.31. The fourth-order valence-electron chi connectivity index (χ4n) is 1.65. The second-order valence-corrected chi connectivity index (χ2v) is 4.21. The molecule has 1 aromatic rings. The van der Waals surface area contributed by atoms with E-state index in [1.54, 1.807) is 6.92 Å². The van der Waals surface area contributed by atoms with E-state index in [0.717, 1.165) is 12.1 Å². The van der Waals surface area contributed by atoms with E-state index in [0.29, 0.717) is 19.2 Å². The molecule has 20 heavy (non-hydrogen) atoms. The first-order valence-corrected chi connectivity index (χ1v) is 6.05. The molecule has 1 atom stereocenters. The number of carboxylic acid groups (broad SMARTS) is 1. The smallest absolute Gasteiger partial charge is 0.416 e. The molecule has 1 aromatic carbocycles. The molecule has 112 valence electrons. The van der Waals surface area contributed by atoms with Gasteiger partial charge in [0.05, 0.1) is 17.2 Å². The number of nitrogens with one attached hydrogen (secondary N) is 1. The zero-order chi connectivity index (χ0) is 15.3. The minimum Gasteiger partial charge on any atom is -0.478 e. The number of hydrogen-bond donors (Lipinski definition) is 2. The summed E-state index contributed by atoms with van der Waals surface area (Å²) >= 11 is 0. The molecular formula is C13H16F3NO3. The molecular weight excluding hydrogens is 275 g/mol. The summed E-state index contributed by atoms with van der Waals surface area (Å²) in [5.41, 5.74) is -1.26. The van der Waals surface area contributed by atoms with Gasteiger partial charge in [0, 0.05) is 18.8 Å². The maximum atomic E-state index is 12.5. The molecule has 0 aromatic heterocycles. The van der Waals surface area contributed by atoms with Crippen LogP contribution in [0.2, 0.25) is 0 Å². The lowest BCUT2D eigenvalue weighted by atomic mass is 10.1. The highest BCUT2D eigenvalue weighted by molar-refractivity contribution is 5.94. The van der Waals surface area contributed by atoms with Gasteiger partial charge in [0.25, 0.3) is 0 Å². The lowest BCUT2D eigenvalue weighted by Gasteiger charge is -2.16. The normalized spacial score (nSPS) is 13.1. The molecule has 0 aliphatic rings. The van der Waals surface area contributed by atoms with Crippen molar-refractivity contribution >= 4 is 11.7 Å². The first kappa shape index (κ1) is 16.3. The Bertz CT molecular complexity index is 474. The summed E-state index contributed by atoms with van der Waals surface area (Å²) in [5.74, 6) is -1.41. The van der Waals surface area contributed by atoms with Crippen molar-refractivity contribution < 1.29 is 27.8 Å². The number of alkyl halides is 3. The van der Waals surface area contributed by atoms with Gasteiger partial charge in [-0.1, -0.05) is 0 Å². The fraction of sp³-hybridized carbons (Fsp3) is 0.462. The zero-order valence-electron chi connectivity index (χ0n) is 11.1. The Balaban J connectivity index is 2.94. The Morgan fingerprint density at radius 1 is 1.45 bits per heavy atom. The number of ether oxygens (including phenoxy) is 1. The van der Waals surface area contributed by atoms with Crippen LogP contribution in [-0.4, -0.2) is 30.3 Å². The number of carbonyl (C=O) groups is 1. The highest BCUT2D eigenvalue weighted by atomic mass is 19.4. The van der Waals surface area contributed by atoms with E-state index in [1.165, 1.54) is 0 Å². The van der Waals surface area contributed by atoms with Crippen LogP contribution in [0.1, 0.15) is 29.8 Å². The van der Waals surface area contributed by atoms with Crippen LogP contribution < -0.4 is 5.32 Å². The molecule has 1 unspecified atom stereocenters. The monoisotopic (exact) mass is 291 g/mol. The van der Waals surface area contributed by atoms with Crippen molar-refractivity contribution in [3.63, 3.8) is 0 Å². The molecule has 0 aliphatic heterocycles. The van der Waals surface area contributed by atoms with Crippen molar-refractivity contribution in [3.8, 4) is 0 Å². The van der Waals surface area contributed by atoms with Gasteiger partial charge in [-0.2, -0.15) is 13.2 Å². The molecule has 0 amide bonds. The second kappa shape index (κ2) is 6.60. The Morgan fingerprint density at radius 2 is 2.10 bits per heavy atom. The predicted octanol–water partition coefficient (Wildman–Crippen LogP) is 3.24. The summed E-state index contributed by atoms with van der Waals surface area (Å²) < 4.78 is 42.9. The van der Waals surface area contributed by atoms with E-state index in [-0.39, 0.29) is 11.8 Å². The van der Waals surface area contributed by atoms with Crippen molar-refractivity contribution in [3.05, 3.63) is 29.3 Å². The van der Waals surface area contributed by atoms with Crippen molar-refractivity contribution in [1.82, 2.24) is 0 Å². The van der Waals surface area contributed by atoms with Crippen LogP contribution in [0.25, 0.3) is 0 Å². The van der Waals surface area contributed by atoms with E-state index in [4.69, 9.17) is 9.84 Å². The van der Waals surface area contributed by atoms with E-state index < -0.39 is 23.3 Å². The molecule has 4 nitrogen and oxygen atoms in total. The lowest BCUT2D eigenvalue weighted by Crippen LogP contribution is -2.21. The van der Waals surface area contributed by atoms with Crippen LogP contribution in [0, 0.1) is 0 Å². The van der Waals surface area contributed by atoms with E-state index in [1.807, 2.05) is 6.92 Å². The first-order valence-electron chi connectivity index (χ1n) is 6.05. The molecule has 7 heteroatoms. The van der Waals surface area contributed by atoms with Gasteiger partial charge in [0.2, 0.25) is 0 Å². The molecule has 0 fully saturated rings. The van der Waals surface area contributed by atoms with Crippen molar-refractivity contribution in [1.29, 1.82) is 0 Å². The number of carboxylic acids is 1. The van der Waals surface area contributed by atoms with Crippen LogP contribution in [-0.2, 0) is 10.9 Å². The first-order chi connectivity index (χ1) is 9.25. The summed E-state index contributed by atoms with van der Waals surface area (Å²) in [6.07, 6.45) is -4.75. The largest absolute Gasteiger partial charge is 0.478 e. The average molecular weight is 291 g/mol. The summed E-state index contributed by atoms with van der Waals surface area (Å²) in [6.45, 7) is 4.40. The van der Waals surface area contributed by atoms with E-state index in [9.17, 15) is 18.0 Å². The molecule has 0 bridgehead atoms. The third-order valence-electron chi connectivity index (χ3n) is 2.61. The quantitative estimate of drug-likeness (QED) is 0.844. The van der Waals surface area contributed by atoms with Crippen LogP contribution in [0.4, 0.5) is 18.9 Å². The number of aromatic carboxylic acids is 1. The number of halogens is 3. The molecule has 2 N–H and O–H groups in total. The minimum absolute atomic E-state index is 0.136. The van der Waals surface area contributed by atoms with Crippen LogP contribution in [0.3, 0.4) is 0 Å². The third-order valence-corrected chi connectivity index (χ3v) is 2.61. The average Bonchev–Trinajstić information content (AvgIpc) is 2.35. The van der Waals surface area contributed by atoms with Gasteiger partial charge < -0.3 is 15.2 Å². The number of benzene rings is 1. The van der Waals surface area contributed by atoms with Crippen molar-refractivity contribution in [2.75, 3.05) is 18.5 Å². The topological polar surface area (TPSA) is 58.6 Å². The minimum atomic E-state index is -4.57. The van der Waals surface area contributed by atoms with Crippen molar-refractivity contribution in [2.24, 2.45) is 0 Å². The molecule has 0 aliphatic carbocycles. The van der Waals surface area contributed by atoms with Gasteiger partial charge in [0.15, 0.2) is 0 Å². The summed E-state index contributed by atoms with van der Waals surface area (Å²) in [5, 5.41) is 11.8. The van der Waals surface area contributed by atoms with Gasteiger partial charge in [0.1, 0.15) is 0 Å². The maximum absolute atomic E-state index is 12.5. The van der Waals surface area contributed by atoms with E-state index >= 15 is 0 Å². The van der Waals surface area contributed by atoms with Crippen LogP contribution in [0.15, 0.2) is 18.2 Å². The Kier molecular flexibility index (Phi) is 5.38. The van der Waals surface area contributed by atoms with Gasteiger partial charge in [-0.05, 0) is 32.0 Å². The lowest BCUT2D eigenvalue weighted by molar-refractivity contribution is -0.137. The molecule has 0 saturated carbocycles. The van der Waals surface area contributed by atoms with Crippen LogP contribution in [0.5, 0.6) is 0 Å². The Hall–Kier alpha value is -1.76. The second-order valence-electron chi connectivity index (χ2n) is 4.21. The van der Waals surface area contributed by atoms with Gasteiger partial charge in [-0.3, -0.25) is 0 Å². The molecule has 0 radical (unpaired) electrons. The van der Waals surface area contributed by atoms with Crippen molar-refractivity contribution in [2.45, 2.75) is 26.1 Å². The summed E-state index contributed by atoms with van der Waals surface area (Å²) in [6, 6.07) is 2.58. The molecule has 1 rings (SSSR count). The summed E-state index contributed by atoms with van der Waals surface area (Å²) in [7, 11) is 0. The van der Waals surface area contributed by atoms with Gasteiger partial charge in [-0.15, -0.1) is 0 Å². The third kappa shape index (κ3) is 4.41. The zero-order valence-corrected chi connectivity index (χ0v) is 11.1. The highest BCUT2D eigenvalue weighted by Crippen LogP contribution is 2.31. The number of hydrogen-bond acceptors (Lipinski definition) is 3. The number of rotatable bonds is 6. The van der Waals surface area contributed by atoms with E-state index in [2.05, 4.69) is 5.32 Å². The molecule has 0 saturated heterocycles. The van der Waals surface area contributed by atoms with Crippen LogP contribution >= 0.6 is 0 Å². The van der Waals surface area contributed by atoms with Gasteiger partial charge >= 0.3 is 12.1 Å². The Labute approximate surface area is 114 Å². The standard InChI is InChI=1S/C13H16F3NO3/c1-3-20-8(2)7-17-11-5-4-9(13(14,15)16)6-10(11)12(18)19/h4-6,8,17H,3,7H2,1-2H3,(H,18,19). The summed E-state index contributed by atoms with van der Waals surface area (Å²) in [4.78, 5) is 11.0. The molecule has 0 heterocycles. The Morgan fingerprint density at radius 3 is 2.60 bits per heavy atom. The number of anilines is 1. The molecule has 0 spiro atoms. The maximum Gasteiger partial charge on any atom is 0.416 e. The predicted molar refractivity (Wildman–Crippen MR) is 68.0 cm³/mol.